The van der Waals surface area contributed by atoms with Crippen LogP contribution in [0.3, 0.4) is 0 Å². The van der Waals surface area contributed by atoms with E-state index in [0.29, 0.717) is 42.8 Å². The van der Waals surface area contributed by atoms with Gasteiger partial charge in [-0.25, -0.2) is 0 Å². The predicted molar refractivity (Wildman–Crippen MR) is 96.9 cm³/mol. The van der Waals surface area contributed by atoms with Crippen molar-refractivity contribution in [3.05, 3.63) is 33.9 Å². The molecule has 0 aromatic heterocycles. The van der Waals surface area contributed by atoms with Crippen LogP contribution in [-0.2, 0) is 16.0 Å². The first-order valence-electron chi connectivity index (χ1n) is 8.63. The summed E-state index contributed by atoms with van der Waals surface area (Å²) < 4.78 is 0. The quantitative estimate of drug-likeness (QED) is 0.487. The minimum atomic E-state index is -0.266. The van der Waals surface area contributed by atoms with Gasteiger partial charge in [0, 0.05) is 30.5 Å². The van der Waals surface area contributed by atoms with Gasteiger partial charge in [0.1, 0.15) is 5.78 Å². The number of halogens is 1. The Morgan fingerprint density at radius 1 is 1.20 bits per heavy atom. The highest BCUT2D eigenvalue weighted by Gasteiger charge is 2.32. The van der Waals surface area contributed by atoms with E-state index < -0.39 is 0 Å². The highest BCUT2D eigenvalue weighted by atomic mass is 35.5. The smallest absolute Gasteiger partial charge is 0.210 e. The number of carbonyl (C=O) groups is 2. The van der Waals surface area contributed by atoms with Gasteiger partial charge in [0.2, 0.25) is 6.41 Å². The second-order valence-corrected chi connectivity index (χ2v) is 6.50. The zero-order valence-corrected chi connectivity index (χ0v) is 15.3. The summed E-state index contributed by atoms with van der Waals surface area (Å²) in [6.45, 7) is 4.59. The Bertz CT molecular complexity index is 699. The molecule has 1 aromatic rings. The third-order valence-corrected chi connectivity index (χ3v) is 5.06. The number of hydrogen-bond acceptors (Lipinski definition) is 4. The number of carbonyl (C=O) groups excluding carboxylic acids is 2. The van der Waals surface area contributed by atoms with Crippen molar-refractivity contribution in [3.63, 3.8) is 0 Å². The summed E-state index contributed by atoms with van der Waals surface area (Å²) >= 11 is 6.16. The maximum Gasteiger partial charge on any atom is 0.210 e. The third kappa shape index (κ3) is 4.15. The number of Topliss-reactive ketones (excluding diaryl/α,β-unsaturated/α-hetero) is 1. The van der Waals surface area contributed by atoms with Crippen molar-refractivity contribution in [2.45, 2.75) is 52.0 Å². The van der Waals surface area contributed by atoms with Crippen molar-refractivity contribution in [3.8, 4) is 11.5 Å². The van der Waals surface area contributed by atoms with E-state index in [-0.39, 0.29) is 23.3 Å². The molecular weight excluding hydrogens is 342 g/mol. The summed E-state index contributed by atoms with van der Waals surface area (Å²) in [5, 5.41) is 19.5. The second-order valence-electron chi connectivity index (χ2n) is 6.09. The SMILES string of the molecule is CC.O=CN1CCC2=C(CCC(=O)C2)C1Cc1cc(O)c(O)cc1Cl. The molecule has 3 rings (SSSR count). The van der Waals surface area contributed by atoms with Crippen LogP contribution in [0.15, 0.2) is 23.3 Å². The van der Waals surface area contributed by atoms with E-state index >= 15 is 0 Å². The first kappa shape index (κ1) is 19.3. The molecule has 0 radical (unpaired) electrons. The summed E-state index contributed by atoms with van der Waals surface area (Å²) in [7, 11) is 0. The Labute approximate surface area is 152 Å². The molecule has 1 aliphatic carbocycles. The molecule has 0 bridgehead atoms. The van der Waals surface area contributed by atoms with Gasteiger partial charge in [0.15, 0.2) is 11.5 Å². The van der Waals surface area contributed by atoms with Gasteiger partial charge in [-0.1, -0.05) is 31.0 Å². The minimum Gasteiger partial charge on any atom is -0.504 e. The zero-order chi connectivity index (χ0) is 18.6. The predicted octanol–water partition coefficient (Wildman–Crippen LogP) is 3.60. The molecule has 0 saturated carbocycles. The van der Waals surface area contributed by atoms with Gasteiger partial charge >= 0.3 is 0 Å². The van der Waals surface area contributed by atoms with E-state index in [1.807, 2.05) is 13.8 Å². The normalized spacial score (nSPS) is 19.9. The number of phenols is 2. The lowest BCUT2D eigenvalue weighted by Gasteiger charge is -2.39. The van der Waals surface area contributed by atoms with E-state index in [9.17, 15) is 19.8 Å². The monoisotopic (exact) mass is 365 g/mol. The summed E-state index contributed by atoms with van der Waals surface area (Å²) in [4.78, 5) is 24.8. The fraction of sp³-hybridized carbons (Fsp3) is 0.474. The van der Waals surface area contributed by atoms with Crippen molar-refractivity contribution in [1.82, 2.24) is 4.90 Å². The standard InChI is InChI=1S/C17H18ClNO4.C2H6/c18-14-8-17(23)16(22)7-11(14)6-15-13-2-1-12(21)5-10(13)3-4-19(15)9-20;1-2/h7-9,15,22-23H,1-6H2;1-2H3. The van der Waals surface area contributed by atoms with Gasteiger partial charge < -0.3 is 15.1 Å². The number of nitrogens with zero attached hydrogens (tertiary/aromatic N) is 1. The molecule has 1 heterocycles. The van der Waals surface area contributed by atoms with Gasteiger partial charge in [-0.05, 0) is 36.5 Å². The second kappa shape index (κ2) is 8.39. The van der Waals surface area contributed by atoms with E-state index in [2.05, 4.69) is 0 Å². The zero-order valence-electron chi connectivity index (χ0n) is 14.6. The van der Waals surface area contributed by atoms with Gasteiger partial charge in [-0.3, -0.25) is 9.59 Å². The Morgan fingerprint density at radius 3 is 2.56 bits per heavy atom. The van der Waals surface area contributed by atoms with Crippen molar-refractivity contribution < 1.29 is 19.8 Å². The number of amides is 1. The summed E-state index contributed by atoms with van der Waals surface area (Å²) in [6, 6.07) is 2.59. The van der Waals surface area contributed by atoms with Crippen molar-refractivity contribution in [1.29, 1.82) is 0 Å². The van der Waals surface area contributed by atoms with Gasteiger partial charge in [-0.2, -0.15) is 0 Å². The van der Waals surface area contributed by atoms with Crippen LogP contribution in [0.4, 0.5) is 0 Å². The fourth-order valence-electron chi connectivity index (χ4n) is 3.49. The van der Waals surface area contributed by atoms with Crippen LogP contribution in [0.25, 0.3) is 0 Å². The molecule has 0 saturated heterocycles. The average Bonchev–Trinajstić information content (AvgIpc) is 2.61. The number of aromatic hydroxyl groups is 2. The number of benzene rings is 1. The topological polar surface area (TPSA) is 77.8 Å². The lowest BCUT2D eigenvalue weighted by Crippen LogP contribution is -2.43. The third-order valence-electron chi connectivity index (χ3n) is 4.70. The maximum atomic E-state index is 11.7. The molecular formula is C19H24ClNO4. The summed E-state index contributed by atoms with van der Waals surface area (Å²) in [5.41, 5.74) is 2.96. The van der Waals surface area contributed by atoms with Crippen molar-refractivity contribution in [2.24, 2.45) is 0 Å². The lowest BCUT2D eigenvalue weighted by atomic mass is 9.80. The number of ketones is 1. The molecule has 6 heteroatoms. The average molecular weight is 366 g/mol. The molecule has 0 fully saturated rings. The molecule has 1 unspecified atom stereocenters. The van der Waals surface area contributed by atoms with Crippen LogP contribution in [0.5, 0.6) is 11.5 Å². The van der Waals surface area contributed by atoms with Gasteiger partial charge in [-0.15, -0.1) is 0 Å². The fourth-order valence-corrected chi connectivity index (χ4v) is 3.72. The molecule has 1 aliphatic heterocycles. The van der Waals surface area contributed by atoms with Crippen LogP contribution < -0.4 is 0 Å². The van der Waals surface area contributed by atoms with Crippen LogP contribution in [-0.4, -0.2) is 39.9 Å². The van der Waals surface area contributed by atoms with E-state index in [1.165, 1.54) is 12.1 Å². The highest BCUT2D eigenvalue weighted by Crippen LogP contribution is 2.37. The van der Waals surface area contributed by atoms with Gasteiger partial charge in [0.05, 0.1) is 6.04 Å². The minimum absolute atomic E-state index is 0.147. The number of rotatable bonds is 3. The van der Waals surface area contributed by atoms with Crippen molar-refractivity contribution >= 4 is 23.8 Å². The highest BCUT2D eigenvalue weighted by molar-refractivity contribution is 6.31. The Balaban J connectivity index is 0.00000109. The Hall–Kier alpha value is -2.01. The Morgan fingerprint density at radius 2 is 1.88 bits per heavy atom. The molecule has 2 aliphatic rings. The van der Waals surface area contributed by atoms with Gasteiger partial charge in [0.25, 0.3) is 0 Å². The molecule has 0 spiro atoms. The first-order chi connectivity index (χ1) is 12.0. The molecule has 136 valence electrons. The van der Waals surface area contributed by atoms with Crippen LogP contribution in [0, 0.1) is 0 Å². The van der Waals surface area contributed by atoms with E-state index in [1.54, 1.807) is 4.90 Å². The number of hydrogen-bond donors (Lipinski definition) is 2. The maximum absolute atomic E-state index is 11.7. The lowest BCUT2D eigenvalue weighted by molar-refractivity contribution is -0.120. The van der Waals surface area contributed by atoms with Crippen molar-refractivity contribution in [2.75, 3.05) is 6.54 Å². The van der Waals surface area contributed by atoms with Crippen LogP contribution in [0.2, 0.25) is 5.02 Å². The molecule has 1 aromatic carbocycles. The molecule has 1 amide bonds. The largest absolute Gasteiger partial charge is 0.504 e. The van der Waals surface area contributed by atoms with E-state index in [4.69, 9.17) is 11.6 Å². The molecule has 2 N–H and O–H groups in total. The molecule has 25 heavy (non-hydrogen) atoms. The number of phenolic OH excluding ortho intramolecular Hbond substituents is 2. The summed E-state index contributed by atoms with van der Waals surface area (Å²) in [6.07, 6.45) is 3.69. The summed E-state index contributed by atoms with van der Waals surface area (Å²) in [5.74, 6) is -0.244. The Kier molecular flexibility index (Phi) is 6.48. The first-order valence-corrected chi connectivity index (χ1v) is 9.01. The van der Waals surface area contributed by atoms with E-state index in [0.717, 1.165) is 24.0 Å². The van der Waals surface area contributed by atoms with Crippen LogP contribution >= 0.6 is 11.6 Å². The van der Waals surface area contributed by atoms with Crippen LogP contribution in [0.1, 0.15) is 45.1 Å². The molecule has 5 nitrogen and oxygen atoms in total. The molecule has 1 atom stereocenters.